The largest absolute Gasteiger partial charge is 0.496 e. The summed E-state index contributed by atoms with van der Waals surface area (Å²) in [7, 11) is -2.40. The molecule has 1 aromatic rings. The average Bonchev–Trinajstić information content (AvgIpc) is 2.37. The number of piperidine rings is 1. The molecule has 6 nitrogen and oxygen atoms in total. The summed E-state index contributed by atoms with van der Waals surface area (Å²) in [5.41, 5.74) is -1.39. The number of nitrogens with zero attached hydrogens (tertiary/aromatic N) is 1. The van der Waals surface area contributed by atoms with Gasteiger partial charge in [-0.25, -0.2) is 9.53 Å². The van der Waals surface area contributed by atoms with Crippen molar-refractivity contribution in [2.75, 3.05) is 20.2 Å². The van der Waals surface area contributed by atoms with Crippen LogP contribution in [-0.4, -0.2) is 38.0 Å². The molecule has 20 heavy (non-hydrogen) atoms. The maximum atomic E-state index is 14.0. The highest BCUT2D eigenvalue weighted by atomic mass is 32.2. The van der Waals surface area contributed by atoms with E-state index in [2.05, 4.69) is 0 Å². The zero-order valence-corrected chi connectivity index (χ0v) is 11.9. The first-order valence-corrected chi connectivity index (χ1v) is 7.61. The Kier molecular flexibility index (Phi) is 4.01. The summed E-state index contributed by atoms with van der Waals surface area (Å²) in [6.45, 7) is 0.0691. The van der Waals surface area contributed by atoms with E-state index in [0.717, 1.165) is 4.31 Å². The fourth-order valence-corrected chi connectivity index (χ4v) is 3.18. The van der Waals surface area contributed by atoms with E-state index in [-0.39, 0.29) is 37.2 Å². The van der Waals surface area contributed by atoms with Gasteiger partial charge < -0.3 is 9.84 Å². The molecule has 0 aliphatic carbocycles. The van der Waals surface area contributed by atoms with Crippen LogP contribution in [0, 0.1) is 5.82 Å². The molecule has 2 rings (SSSR count). The van der Waals surface area contributed by atoms with Crippen molar-refractivity contribution >= 4 is 10.2 Å². The maximum Gasteiger partial charge on any atom is 0.276 e. The third-order valence-electron chi connectivity index (χ3n) is 3.57. The number of ether oxygens (including phenoxy) is 1. The van der Waals surface area contributed by atoms with Gasteiger partial charge in [-0.15, -0.1) is 0 Å². The number of benzene rings is 1. The van der Waals surface area contributed by atoms with Gasteiger partial charge in [-0.05, 0) is 25.0 Å². The molecule has 1 saturated heterocycles. The summed E-state index contributed by atoms with van der Waals surface area (Å²) in [6.07, 6.45) is 0.113. The predicted octanol–water partition coefficient (Wildman–Crippen LogP) is 0.321. The summed E-state index contributed by atoms with van der Waals surface area (Å²) in [4.78, 5) is 0. The first-order valence-electron chi connectivity index (χ1n) is 6.11. The highest BCUT2D eigenvalue weighted by molar-refractivity contribution is 7.86. The minimum Gasteiger partial charge on any atom is -0.496 e. The molecule has 0 aromatic heterocycles. The van der Waals surface area contributed by atoms with Crippen molar-refractivity contribution in [1.82, 2.24) is 4.31 Å². The standard InChI is InChI=1S/C12H17FN2O4S/c1-19-10-4-2-3-9(13)11(10)12(16)5-7-15(8-6-12)20(14,17)18/h2-4,16H,5-8H2,1H3,(H2,14,17,18). The lowest BCUT2D eigenvalue weighted by atomic mass is 9.84. The van der Waals surface area contributed by atoms with E-state index in [4.69, 9.17) is 9.88 Å². The highest BCUT2D eigenvalue weighted by Crippen LogP contribution is 2.39. The highest BCUT2D eigenvalue weighted by Gasteiger charge is 2.40. The normalized spacial score (nSPS) is 19.8. The number of hydrogen-bond acceptors (Lipinski definition) is 4. The van der Waals surface area contributed by atoms with Crippen LogP contribution in [0.3, 0.4) is 0 Å². The Balaban J connectivity index is 2.31. The Hall–Kier alpha value is -1.22. The zero-order chi connectivity index (χ0) is 15.0. The molecule has 1 heterocycles. The van der Waals surface area contributed by atoms with E-state index < -0.39 is 21.6 Å². The molecular formula is C12H17FN2O4S. The second-order valence-corrected chi connectivity index (χ2v) is 6.34. The van der Waals surface area contributed by atoms with E-state index in [1.54, 1.807) is 6.07 Å². The molecule has 0 spiro atoms. The number of rotatable bonds is 3. The van der Waals surface area contributed by atoms with Crippen LogP contribution in [0.1, 0.15) is 18.4 Å². The average molecular weight is 304 g/mol. The zero-order valence-electron chi connectivity index (χ0n) is 11.0. The van der Waals surface area contributed by atoms with E-state index in [1.807, 2.05) is 0 Å². The molecule has 0 bridgehead atoms. The molecule has 0 amide bonds. The van der Waals surface area contributed by atoms with Gasteiger partial charge in [0.25, 0.3) is 10.2 Å². The molecular weight excluding hydrogens is 287 g/mol. The van der Waals surface area contributed by atoms with Crippen LogP contribution in [0.5, 0.6) is 5.75 Å². The van der Waals surface area contributed by atoms with E-state index in [9.17, 15) is 17.9 Å². The smallest absolute Gasteiger partial charge is 0.276 e. The molecule has 0 radical (unpaired) electrons. The second kappa shape index (κ2) is 5.28. The minimum atomic E-state index is -3.79. The Bertz CT molecular complexity index is 597. The molecule has 0 unspecified atom stereocenters. The Morgan fingerprint density at radius 3 is 2.50 bits per heavy atom. The second-order valence-electron chi connectivity index (χ2n) is 4.79. The number of nitrogens with two attached hydrogens (primary N) is 1. The Morgan fingerprint density at radius 1 is 1.40 bits per heavy atom. The molecule has 1 fully saturated rings. The number of aliphatic hydroxyl groups is 1. The van der Waals surface area contributed by atoms with E-state index in [1.165, 1.54) is 19.2 Å². The van der Waals surface area contributed by atoms with Crippen molar-refractivity contribution in [3.05, 3.63) is 29.6 Å². The van der Waals surface area contributed by atoms with Crippen LogP contribution in [-0.2, 0) is 15.8 Å². The quantitative estimate of drug-likeness (QED) is 0.841. The van der Waals surface area contributed by atoms with Gasteiger partial charge in [-0.2, -0.15) is 12.7 Å². The van der Waals surface area contributed by atoms with Crippen molar-refractivity contribution in [2.45, 2.75) is 18.4 Å². The predicted molar refractivity (Wildman–Crippen MR) is 70.8 cm³/mol. The summed E-state index contributed by atoms with van der Waals surface area (Å²) in [5, 5.41) is 15.7. The van der Waals surface area contributed by atoms with Gasteiger partial charge in [0.05, 0.1) is 18.3 Å². The van der Waals surface area contributed by atoms with Gasteiger partial charge in [0, 0.05) is 13.1 Å². The van der Waals surface area contributed by atoms with Crippen molar-refractivity contribution in [2.24, 2.45) is 5.14 Å². The molecule has 1 aliphatic rings. The van der Waals surface area contributed by atoms with Gasteiger partial charge >= 0.3 is 0 Å². The van der Waals surface area contributed by atoms with Crippen LogP contribution in [0.15, 0.2) is 18.2 Å². The first kappa shape index (κ1) is 15.2. The third-order valence-corrected chi connectivity index (χ3v) is 4.66. The van der Waals surface area contributed by atoms with E-state index in [0.29, 0.717) is 0 Å². The molecule has 0 atom stereocenters. The minimum absolute atomic E-state index is 0.0345. The SMILES string of the molecule is COc1cccc(F)c1C1(O)CCN(S(N)(=O)=O)CC1. The molecule has 112 valence electrons. The third kappa shape index (κ3) is 2.78. The van der Waals surface area contributed by atoms with Crippen molar-refractivity contribution < 1.29 is 22.7 Å². The molecule has 8 heteroatoms. The van der Waals surface area contributed by atoms with Gasteiger partial charge in [-0.3, -0.25) is 0 Å². The lowest BCUT2D eigenvalue weighted by Crippen LogP contribution is -2.47. The lowest BCUT2D eigenvalue weighted by molar-refractivity contribution is -0.0143. The summed E-state index contributed by atoms with van der Waals surface area (Å²) >= 11 is 0. The summed E-state index contributed by atoms with van der Waals surface area (Å²) in [5.74, 6) is -0.326. The monoisotopic (exact) mass is 304 g/mol. The number of halogens is 1. The maximum absolute atomic E-state index is 14.0. The summed E-state index contributed by atoms with van der Waals surface area (Å²) in [6, 6.07) is 4.28. The number of hydrogen-bond donors (Lipinski definition) is 2. The first-order chi connectivity index (χ1) is 9.28. The van der Waals surface area contributed by atoms with Crippen LogP contribution in [0.2, 0.25) is 0 Å². The fourth-order valence-electron chi connectivity index (χ4n) is 2.49. The van der Waals surface area contributed by atoms with Crippen molar-refractivity contribution in [3.8, 4) is 5.75 Å². The van der Waals surface area contributed by atoms with Crippen molar-refractivity contribution in [1.29, 1.82) is 0 Å². The molecule has 0 saturated carbocycles. The van der Waals surface area contributed by atoms with Gasteiger partial charge in [0.2, 0.25) is 0 Å². The molecule has 1 aromatic carbocycles. The topological polar surface area (TPSA) is 92.9 Å². The lowest BCUT2D eigenvalue weighted by Gasteiger charge is -2.37. The van der Waals surface area contributed by atoms with Crippen LogP contribution >= 0.6 is 0 Å². The van der Waals surface area contributed by atoms with Crippen LogP contribution in [0.4, 0.5) is 4.39 Å². The fraction of sp³-hybridized carbons (Fsp3) is 0.500. The summed E-state index contributed by atoms with van der Waals surface area (Å²) < 4.78 is 42.6. The Morgan fingerprint density at radius 2 is 2.00 bits per heavy atom. The Labute approximate surface area is 117 Å². The van der Waals surface area contributed by atoms with Gasteiger partial charge in [0.15, 0.2) is 0 Å². The molecule has 3 N–H and O–H groups in total. The van der Waals surface area contributed by atoms with E-state index >= 15 is 0 Å². The number of methoxy groups -OCH3 is 1. The van der Waals surface area contributed by atoms with Gasteiger partial charge in [0.1, 0.15) is 11.6 Å². The van der Waals surface area contributed by atoms with Gasteiger partial charge in [-0.1, -0.05) is 6.07 Å². The van der Waals surface area contributed by atoms with Crippen LogP contribution < -0.4 is 9.88 Å². The molecule has 1 aliphatic heterocycles. The van der Waals surface area contributed by atoms with Crippen LogP contribution in [0.25, 0.3) is 0 Å². The van der Waals surface area contributed by atoms with Crippen molar-refractivity contribution in [3.63, 3.8) is 0 Å².